The van der Waals surface area contributed by atoms with Crippen LogP contribution in [0.2, 0.25) is 0 Å². The van der Waals surface area contributed by atoms with E-state index < -0.39 is 0 Å². The van der Waals surface area contributed by atoms with Crippen LogP contribution in [0.15, 0.2) is 218 Å². The van der Waals surface area contributed by atoms with E-state index in [1.54, 1.807) is 0 Å². The van der Waals surface area contributed by atoms with Crippen molar-refractivity contribution in [2.75, 3.05) is 0 Å². The summed E-state index contributed by atoms with van der Waals surface area (Å²) < 4.78 is 10.3. The second-order valence-corrected chi connectivity index (χ2v) is 19.0. The van der Waals surface area contributed by atoms with Crippen molar-refractivity contribution in [2.45, 2.75) is 0 Å². The molecule has 0 amide bonds. The van der Waals surface area contributed by atoms with Crippen LogP contribution < -0.4 is 0 Å². The lowest BCUT2D eigenvalue weighted by atomic mass is 9.98. The average Bonchev–Trinajstić information content (AvgIpc) is 4.11. The first kappa shape index (κ1) is 35.8. The Kier molecular flexibility index (Phi) is 7.76. The smallest absolute Gasteiger partial charge is 0.0541 e. The lowest BCUT2D eigenvalue weighted by Crippen LogP contribution is -1.96. The number of rotatable bonds is 5. The minimum Gasteiger partial charge on any atom is -0.309 e. The zero-order valence-corrected chi connectivity index (χ0v) is 36.1. The molecule has 10 aromatic carbocycles. The fourth-order valence-corrected chi connectivity index (χ4v) is 12.9. The van der Waals surface area contributed by atoms with Gasteiger partial charge < -0.3 is 9.13 Å². The van der Waals surface area contributed by atoms with Crippen molar-refractivity contribution in [3.63, 3.8) is 0 Å². The highest BCUT2D eigenvalue weighted by molar-refractivity contribution is 7.33. The predicted octanol–water partition coefficient (Wildman–Crippen LogP) is 17.6. The maximum atomic E-state index is 2.46. The molecular formula is C60H36N2S2. The lowest BCUT2D eigenvalue weighted by molar-refractivity contribution is 1.18. The Morgan fingerprint density at radius 1 is 0.234 bits per heavy atom. The molecule has 298 valence electrons. The van der Waals surface area contributed by atoms with Gasteiger partial charge in [0, 0.05) is 63.9 Å². The van der Waals surface area contributed by atoms with Gasteiger partial charge in [-0.3, -0.25) is 0 Å². The van der Waals surface area contributed by atoms with Crippen LogP contribution in [0.4, 0.5) is 0 Å². The maximum Gasteiger partial charge on any atom is 0.0541 e. The van der Waals surface area contributed by atoms with Crippen molar-refractivity contribution >= 4 is 107 Å². The van der Waals surface area contributed by atoms with Gasteiger partial charge in [0.05, 0.1) is 31.5 Å². The summed E-state index contributed by atoms with van der Waals surface area (Å²) in [4.78, 5) is 0. The van der Waals surface area contributed by atoms with E-state index in [0.29, 0.717) is 0 Å². The molecule has 0 bridgehead atoms. The number of nitrogens with zero attached hydrogens (tertiary/aromatic N) is 2. The van der Waals surface area contributed by atoms with E-state index in [0.717, 1.165) is 5.69 Å². The molecule has 64 heavy (non-hydrogen) atoms. The van der Waals surface area contributed by atoms with Crippen molar-refractivity contribution in [3.05, 3.63) is 218 Å². The highest BCUT2D eigenvalue weighted by atomic mass is 32.1. The zero-order chi connectivity index (χ0) is 41.9. The van der Waals surface area contributed by atoms with E-state index in [1.165, 1.54) is 123 Å². The number of fused-ring (bicyclic) bond motifs is 13. The molecule has 0 saturated carbocycles. The van der Waals surface area contributed by atoms with Crippen LogP contribution in [0, 0.1) is 0 Å². The van der Waals surface area contributed by atoms with E-state index in [4.69, 9.17) is 0 Å². The van der Waals surface area contributed by atoms with E-state index in [-0.39, 0.29) is 0 Å². The summed E-state index contributed by atoms with van der Waals surface area (Å²) in [5, 5.41) is 10.4. The first-order valence-electron chi connectivity index (χ1n) is 21.8. The Morgan fingerprint density at radius 2 is 0.688 bits per heavy atom. The lowest BCUT2D eigenvalue weighted by Gasteiger charge is -2.14. The summed E-state index contributed by atoms with van der Waals surface area (Å²) in [5.41, 5.74) is 14.4. The number of para-hydroxylation sites is 2. The van der Waals surface area contributed by atoms with Crippen molar-refractivity contribution in [1.82, 2.24) is 9.13 Å². The molecule has 0 aliphatic carbocycles. The number of benzene rings is 10. The van der Waals surface area contributed by atoms with Gasteiger partial charge in [0.25, 0.3) is 0 Å². The first-order valence-corrected chi connectivity index (χ1v) is 23.5. The Hall–Kier alpha value is -7.76. The molecule has 4 heterocycles. The fraction of sp³-hybridized carbons (Fsp3) is 0. The van der Waals surface area contributed by atoms with Gasteiger partial charge in [-0.2, -0.15) is 0 Å². The van der Waals surface area contributed by atoms with Gasteiger partial charge in [-0.15, -0.1) is 22.7 Å². The Balaban J connectivity index is 0.912. The van der Waals surface area contributed by atoms with Crippen molar-refractivity contribution in [1.29, 1.82) is 0 Å². The van der Waals surface area contributed by atoms with Crippen LogP contribution in [0.25, 0.3) is 129 Å². The standard InChI is InChI=1S/C60H36N2S2/c1-3-13-37(14-4-1)41-31-42(38-15-5-2-6-16-38)33-44(32-41)62-54-21-11-8-18-46(54)52-35-40(24-30-56(52)62)39-23-29-55-51(34-39)45-17-7-10-20-53(45)61(55)43-25-26-48-50-28-27-49-47-19-9-12-22-57(47)63-59(49)60(50)64-58(48)36-43/h1-36H. The van der Waals surface area contributed by atoms with Crippen LogP contribution in [0.3, 0.4) is 0 Å². The predicted molar refractivity (Wildman–Crippen MR) is 277 cm³/mol. The maximum absolute atomic E-state index is 2.46. The number of thiophene rings is 2. The summed E-state index contributed by atoms with van der Waals surface area (Å²) in [6.45, 7) is 0. The highest BCUT2D eigenvalue weighted by Crippen LogP contribution is 2.46. The molecule has 0 N–H and O–H groups in total. The minimum absolute atomic E-state index is 1.15. The molecule has 0 spiro atoms. The molecule has 4 aromatic heterocycles. The SMILES string of the molecule is c1ccc(-c2cc(-c3ccccc3)cc(-n3c4ccccc4c4cc(-c5ccc6c(c5)c5ccccc5n6-c5ccc6c(c5)sc5c6ccc6c7ccccc7sc65)ccc43)c2)cc1. The molecule has 0 saturated heterocycles. The zero-order valence-electron chi connectivity index (χ0n) is 34.5. The van der Waals surface area contributed by atoms with Gasteiger partial charge in [0.15, 0.2) is 0 Å². The third-order valence-electron chi connectivity index (χ3n) is 13.3. The molecule has 2 nitrogen and oxygen atoms in total. The van der Waals surface area contributed by atoms with E-state index in [2.05, 4.69) is 228 Å². The minimum atomic E-state index is 1.15. The summed E-state index contributed by atoms with van der Waals surface area (Å²) in [5.74, 6) is 0. The van der Waals surface area contributed by atoms with Gasteiger partial charge in [-0.1, -0.05) is 146 Å². The quantitative estimate of drug-likeness (QED) is 0.163. The van der Waals surface area contributed by atoms with Gasteiger partial charge >= 0.3 is 0 Å². The monoisotopic (exact) mass is 848 g/mol. The van der Waals surface area contributed by atoms with E-state index >= 15 is 0 Å². The molecule has 0 aliphatic heterocycles. The van der Waals surface area contributed by atoms with Gasteiger partial charge in [-0.25, -0.2) is 0 Å². The molecule has 0 atom stereocenters. The molecule has 0 unspecified atom stereocenters. The van der Waals surface area contributed by atoms with Crippen LogP contribution in [0.5, 0.6) is 0 Å². The fourth-order valence-electron chi connectivity index (χ4n) is 10.3. The van der Waals surface area contributed by atoms with Crippen molar-refractivity contribution in [3.8, 4) is 44.8 Å². The van der Waals surface area contributed by atoms with E-state index in [9.17, 15) is 0 Å². The first-order chi connectivity index (χ1) is 31.7. The third kappa shape index (κ3) is 5.37. The Bertz CT molecular complexity index is 4130. The van der Waals surface area contributed by atoms with Gasteiger partial charge in [0.2, 0.25) is 0 Å². The summed E-state index contributed by atoms with van der Waals surface area (Å²) in [6.07, 6.45) is 0. The number of hydrogen-bond acceptors (Lipinski definition) is 2. The average molecular weight is 849 g/mol. The summed E-state index contributed by atoms with van der Waals surface area (Å²) in [7, 11) is 0. The third-order valence-corrected chi connectivity index (χ3v) is 15.8. The largest absolute Gasteiger partial charge is 0.309 e. The molecular weight excluding hydrogens is 813 g/mol. The summed E-state index contributed by atoms with van der Waals surface area (Å²) in [6, 6.07) is 80.7. The van der Waals surface area contributed by atoms with E-state index in [1.807, 2.05) is 22.7 Å². The van der Waals surface area contributed by atoms with Crippen LogP contribution in [0.1, 0.15) is 0 Å². The summed E-state index contributed by atoms with van der Waals surface area (Å²) >= 11 is 3.84. The second kappa shape index (κ2) is 13.9. The normalized spacial score (nSPS) is 12.1. The number of aromatic nitrogens is 2. The van der Waals surface area contributed by atoms with Crippen LogP contribution >= 0.6 is 22.7 Å². The van der Waals surface area contributed by atoms with Gasteiger partial charge in [-0.05, 0) is 106 Å². The highest BCUT2D eigenvalue weighted by Gasteiger charge is 2.19. The molecule has 0 aliphatic rings. The molecule has 4 heteroatoms. The van der Waals surface area contributed by atoms with Crippen molar-refractivity contribution < 1.29 is 0 Å². The molecule has 14 aromatic rings. The van der Waals surface area contributed by atoms with Gasteiger partial charge in [0.1, 0.15) is 0 Å². The Morgan fingerprint density at radius 3 is 1.28 bits per heavy atom. The van der Waals surface area contributed by atoms with Crippen LogP contribution in [-0.2, 0) is 0 Å². The Labute approximate surface area is 376 Å². The molecule has 0 radical (unpaired) electrons. The number of hydrogen-bond donors (Lipinski definition) is 0. The second-order valence-electron chi connectivity index (χ2n) is 16.9. The van der Waals surface area contributed by atoms with Crippen molar-refractivity contribution in [2.24, 2.45) is 0 Å². The topological polar surface area (TPSA) is 9.86 Å². The van der Waals surface area contributed by atoms with Crippen LogP contribution in [-0.4, -0.2) is 9.13 Å². The molecule has 0 fully saturated rings. The molecule has 14 rings (SSSR count).